The molecule has 0 aliphatic carbocycles. The van der Waals surface area contributed by atoms with Crippen LogP contribution in [0.2, 0.25) is 0 Å². The predicted octanol–water partition coefficient (Wildman–Crippen LogP) is 5.17. The number of amides is 2. The van der Waals surface area contributed by atoms with Gasteiger partial charge in [0.05, 0.1) is 11.8 Å². The van der Waals surface area contributed by atoms with Crippen molar-refractivity contribution < 1.29 is 9.59 Å². The van der Waals surface area contributed by atoms with Crippen LogP contribution in [-0.4, -0.2) is 33.0 Å². The fourth-order valence-corrected chi connectivity index (χ4v) is 5.11. The topological polar surface area (TPSA) is 74.1 Å². The minimum absolute atomic E-state index is 0.0593. The first-order valence-electron chi connectivity index (χ1n) is 11.2. The van der Waals surface area contributed by atoms with Crippen molar-refractivity contribution in [2.75, 3.05) is 5.32 Å². The minimum atomic E-state index is -0.561. The molecular formula is C27H24N4O2S. The Balaban J connectivity index is 1.35. The number of nitrogens with zero attached hydrogens (tertiary/aromatic N) is 3. The first-order chi connectivity index (χ1) is 16.6. The van der Waals surface area contributed by atoms with Crippen molar-refractivity contribution in [1.29, 1.82) is 0 Å². The summed E-state index contributed by atoms with van der Waals surface area (Å²) in [6.45, 7) is 2.06. The molecule has 0 aromatic heterocycles. The van der Waals surface area contributed by atoms with E-state index in [9.17, 15) is 9.59 Å². The Morgan fingerprint density at radius 2 is 1.68 bits per heavy atom. The van der Waals surface area contributed by atoms with Gasteiger partial charge in [0.25, 0.3) is 5.91 Å². The Morgan fingerprint density at radius 3 is 2.38 bits per heavy atom. The van der Waals surface area contributed by atoms with E-state index in [1.807, 2.05) is 53.5 Å². The summed E-state index contributed by atoms with van der Waals surface area (Å²) in [6, 6.07) is 27.6. The predicted molar refractivity (Wildman–Crippen MR) is 137 cm³/mol. The maximum atomic E-state index is 12.7. The zero-order valence-corrected chi connectivity index (χ0v) is 19.5. The summed E-state index contributed by atoms with van der Waals surface area (Å²) < 4.78 is 0. The first kappa shape index (κ1) is 22.1. The molecule has 2 amide bonds. The van der Waals surface area contributed by atoms with Crippen molar-refractivity contribution in [1.82, 2.24) is 5.01 Å². The molecule has 2 aliphatic rings. The number of hydrogen-bond donors (Lipinski definition) is 1. The highest BCUT2D eigenvalue weighted by Gasteiger charge is 2.39. The molecule has 0 bridgehead atoms. The third-order valence-corrected chi connectivity index (χ3v) is 6.97. The van der Waals surface area contributed by atoms with Crippen LogP contribution in [0.3, 0.4) is 0 Å². The minimum Gasteiger partial charge on any atom is -0.326 e. The van der Waals surface area contributed by atoms with E-state index in [2.05, 4.69) is 53.6 Å². The van der Waals surface area contributed by atoms with Crippen molar-refractivity contribution in [3.63, 3.8) is 0 Å². The van der Waals surface area contributed by atoms with Crippen LogP contribution in [0.15, 0.2) is 95.0 Å². The van der Waals surface area contributed by atoms with Gasteiger partial charge in [0.2, 0.25) is 5.91 Å². The summed E-state index contributed by atoms with van der Waals surface area (Å²) in [5, 5.41) is 9.56. The molecule has 0 radical (unpaired) electrons. The van der Waals surface area contributed by atoms with Crippen LogP contribution in [0.4, 0.5) is 5.69 Å². The van der Waals surface area contributed by atoms with Gasteiger partial charge in [-0.15, -0.1) is 0 Å². The molecule has 170 valence electrons. The lowest BCUT2D eigenvalue weighted by Gasteiger charge is -2.23. The summed E-state index contributed by atoms with van der Waals surface area (Å²) in [5.41, 5.74) is 5.02. The number of carbonyl (C=O) groups excluding carboxylic acids is 2. The number of para-hydroxylation sites is 1. The Kier molecular flexibility index (Phi) is 6.27. The SMILES string of the molecule is Cc1ccc(C2=NN(C3=NC(=O)C(CC(=O)Nc4ccccc4)S3)C(c3ccccc3)C2)cc1. The molecule has 3 aromatic carbocycles. The molecule has 34 heavy (non-hydrogen) atoms. The number of benzene rings is 3. The van der Waals surface area contributed by atoms with Gasteiger partial charge in [0.15, 0.2) is 5.17 Å². The van der Waals surface area contributed by atoms with Gasteiger partial charge in [0.1, 0.15) is 5.25 Å². The second kappa shape index (κ2) is 9.65. The Hall–Kier alpha value is -3.71. The molecule has 0 spiro atoms. The highest BCUT2D eigenvalue weighted by atomic mass is 32.2. The van der Waals surface area contributed by atoms with Crippen LogP contribution >= 0.6 is 11.8 Å². The summed E-state index contributed by atoms with van der Waals surface area (Å²) in [6.07, 6.45) is 0.768. The lowest BCUT2D eigenvalue weighted by atomic mass is 9.98. The van der Waals surface area contributed by atoms with Crippen molar-refractivity contribution in [2.45, 2.75) is 31.1 Å². The van der Waals surface area contributed by atoms with Gasteiger partial charge >= 0.3 is 0 Å². The second-order valence-electron chi connectivity index (χ2n) is 8.35. The van der Waals surface area contributed by atoms with Crippen molar-refractivity contribution in [3.8, 4) is 0 Å². The molecule has 2 atom stereocenters. The maximum absolute atomic E-state index is 12.7. The molecule has 0 saturated carbocycles. The van der Waals surface area contributed by atoms with E-state index in [1.54, 1.807) is 0 Å². The van der Waals surface area contributed by atoms with Crippen LogP contribution in [0.1, 0.15) is 35.6 Å². The smallest absolute Gasteiger partial charge is 0.262 e. The highest BCUT2D eigenvalue weighted by molar-refractivity contribution is 8.15. The van der Waals surface area contributed by atoms with Crippen molar-refractivity contribution in [3.05, 3.63) is 102 Å². The molecule has 0 fully saturated rings. The summed E-state index contributed by atoms with van der Waals surface area (Å²) in [4.78, 5) is 29.5. The van der Waals surface area contributed by atoms with E-state index >= 15 is 0 Å². The second-order valence-corrected chi connectivity index (χ2v) is 9.52. The van der Waals surface area contributed by atoms with E-state index in [-0.39, 0.29) is 24.3 Å². The van der Waals surface area contributed by atoms with Crippen LogP contribution in [-0.2, 0) is 9.59 Å². The standard InChI is InChI=1S/C27H24N4O2S/c1-18-12-14-19(15-13-18)22-16-23(20-8-4-2-5-9-20)31(30-22)27-29-26(33)24(34-27)17-25(32)28-21-10-6-3-7-11-21/h2-15,23-24H,16-17H2,1H3,(H,28,32). The average molecular weight is 469 g/mol. The average Bonchev–Trinajstić information content (AvgIpc) is 3.45. The molecular weight excluding hydrogens is 444 g/mol. The molecule has 6 nitrogen and oxygen atoms in total. The highest BCUT2D eigenvalue weighted by Crippen LogP contribution is 2.38. The summed E-state index contributed by atoms with van der Waals surface area (Å²) >= 11 is 1.31. The van der Waals surface area contributed by atoms with Gasteiger partial charge < -0.3 is 5.32 Å². The lowest BCUT2D eigenvalue weighted by Crippen LogP contribution is -2.25. The first-order valence-corrected chi connectivity index (χ1v) is 12.1. The zero-order valence-electron chi connectivity index (χ0n) is 18.7. The molecule has 2 heterocycles. The van der Waals surface area contributed by atoms with Crippen LogP contribution in [0.25, 0.3) is 0 Å². The number of thioether (sulfide) groups is 1. The fraction of sp³-hybridized carbons (Fsp3) is 0.185. The Labute approximate surface area is 202 Å². The number of hydrogen-bond acceptors (Lipinski definition) is 5. The number of rotatable bonds is 5. The van der Waals surface area contributed by atoms with Gasteiger partial charge in [-0.25, -0.2) is 5.01 Å². The van der Waals surface area contributed by atoms with Crippen LogP contribution in [0, 0.1) is 6.92 Å². The zero-order chi connectivity index (χ0) is 23.5. The third kappa shape index (κ3) is 4.79. The van der Waals surface area contributed by atoms with E-state index < -0.39 is 5.25 Å². The van der Waals surface area contributed by atoms with E-state index in [0.717, 1.165) is 16.8 Å². The molecule has 3 aromatic rings. The molecule has 1 N–H and O–H groups in total. The van der Waals surface area contributed by atoms with Gasteiger partial charge in [0, 0.05) is 18.5 Å². The monoisotopic (exact) mass is 468 g/mol. The van der Waals surface area contributed by atoms with E-state index in [4.69, 9.17) is 5.10 Å². The van der Waals surface area contributed by atoms with Gasteiger partial charge in [-0.05, 0) is 30.2 Å². The maximum Gasteiger partial charge on any atom is 0.262 e. The van der Waals surface area contributed by atoms with Crippen LogP contribution in [0.5, 0.6) is 0 Å². The Bertz CT molecular complexity index is 1260. The summed E-state index contributed by atoms with van der Waals surface area (Å²) in [5.74, 6) is -0.507. The number of nitrogens with one attached hydrogen (secondary N) is 1. The molecule has 0 saturated heterocycles. The van der Waals surface area contributed by atoms with Crippen LogP contribution < -0.4 is 5.32 Å². The third-order valence-electron chi connectivity index (χ3n) is 5.83. The lowest BCUT2D eigenvalue weighted by molar-refractivity contribution is -0.121. The molecule has 2 unspecified atom stereocenters. The van der Waals surface area contributed by atoms with Gasteiger partial charge in [-0.3, -0.25) is 9.59 Å². The number of hydrazone groups is 1. The molecule has 7 heteroatoms. The Morgan fingerprint density at radius 1 is 1.00 bits per heavy atom. The van der Waals surface area contributed by atoms with Gasteiger partial charge in [-0.1, -0.05) is 90.1 Å². The quantitative estimate of drug-likeness (QED) is 0.560. The largest absolute Gasteiger partial charge is 0.326 e. The number of aryl methyl sites for hydroxylation is 1. The normalized spacial score (nSPS) is 19.7. The molecule has 2 aliphatic heterocycles. The molecule has 5 rings (SSSR count). The summed E-state index contributed by atoms with van der Waals surface area (Å²) in [7, 11) is 0. The number of carbonyl (C=O) groups is 2. The van der Waals surface area contributed by atoms with E-state index in [0.29, 0.717) is 17.3 Å². The van der Waals surface area contributed by atoms with Crippen molar-refractivity contribution >= 4 is 40.1 Å². The number of amidine groups is 1. The van der Waals surface area contributed by atoms with E-state index in [1.165, 1.54) is 17.3 Å². The van der Waals surface area contributed by atoms with Gasteiger partial charge in [-0.2, -0.15) is 10.1 Å². The fourth-order valence-electron chi connectivity index (χ4n) is 4.05. The van der Waals surface area contributed by atoms with Crippen molar-refractivity contribution in [2.24, 2.45) is 10.1 Å². The number of aliphatic imine (C=N–C) groups is 1. The number of anilines is 1.